The molecule has 3 rings (SSSR count). The van der Waals surface area contributed by atoms with Crippen molar-refractivity contribution in [2.24, 2.45) is 0 Å². The fourth-order valence-electron chi connectivity index (χ4n) is 2.45. The molecule has 0 saturated heterocycles. The van der Waals surface area contributed by atoms with Gasteiger partial charge in [0.25, 0.3) is 11.6 Å². The fourth-order valence-corrected chi connectivity index (χ4v) is 2.67. The van der Waals surface area contributed by atoms with Crippen molar-refractivity contribution in [1.29, 1.82) is 0 Å². The number of halogens is 1. The summed E-state index contributed by atoms with van der Waals surface area (Å²) in [6, 6.07) is 12.2. The maximum atomic E-state index is 12.1. The van der Waals surface area contributed by atoms with Crippen molar-refractivity contribution < 1.29 is 19.2 Å². The number of anilines is 1. The largest absolute Gasteiger partial charge is 0.452 e. The third-order valence-electron chi connectivity index (χ3n) is 3.87. The van der Waals surface area contributed by atoms with Gasteiger partial charge >= 0.3 is 5.97 Å². The minimum absolute atomic E-state index is 0.00615. The van der Waals surface area contributed by atoms with Crippen LogP contribution in [-0.2, 0) is 16.1 Å². The molecule has 0 fully saturated rings. The normalized spacial score (nSPS) is 10.4. The summed E-state index contributed by atoms with van der Waals surface area (Å²) < 4.78 is 6.74. The van der Waals surface area contributed by atoms with Gasteiger partial charge in [-0.1, -0.05) is 23.7 Å². The number of ether oxygens (including phenoxy) is 1. The molecule has 1 N–H and O–H groups in total. The Bertz CT molecular complexity index is 1040. The highest BCUT2D eigenvalue weighted by atomic mass is 35.5. The summed E-state index contributed by atoms with van der Waals surface area (Å²) in [5.41, 5.74) is 1.24. The van der Waals surface area contributed by atoms with Gasteiger partial charge in [-0.05, 0) is 29.8 Å². The number of benzene rings is 2. The van der Waals surface area contributed by atoms with Crippen molar-refractivity contribution in [1.82, 2.24) is 9.78 Å². The molecule has 0 aliphatic heterocycles. The van der Waals surface area contributed by atoms with E-state index in [9.17, 15) is 19.7 Å². The van der Waals surface area contributed by atoms with Crippen molar-refractivity contribution in [2.45, 2.75) is 6.54 Å². The number of carbonyl (C=O) groups is 2. The lowest BCUT2D eigenvalue weighted by atomic mass is 10.1. The highest BCUT2D eigenvalue weighted by Gasteiger charge is 2.14. The number of nitro groups is 1. The van der Waals surface area contributed by atoms with Crippen LogP contribution in [0.3, 0.4) is 0 Å². The molecular weight excluding hydrogens is 400 g/mol. The van der Waals surface area contributed by atoms with Crippen LogP contribution in [0.25, 0.3) is 0 Å². The van der Waals surface area contributed by atoms with Crippen LogP contribution in [0, 0.1) is 10.1 Å². The van der Waals surface area contributed by atoms with E-state index in [0.29, 0.717) is 12.1 Å². The number of nitro benzene ring substituents is 1. The number of esters is 1. The fraction of sp³-hybridized carbons (Fsp3) is 0.105. The first-order valence-electron chi connectivity index (χ1n) is 8.39. The lowest BCUT2D eigenvalue weighted by molar-refractivity contribution is -0.384. The molecule has 0 unspecified atom stereocenters. The van der Waals surface area contributed by atoms with Gasteiger partial charge in [-0.25, -0.2) is 4.79 Å². The molecule has 0 saturated carbocycles. The molecule has 10 heteroatoms. The number of carbonyl (C=O) groups excluding carboxylic acids is 2. The standard InChI is InChI=1S/C19H15ClN4O5/c20-16-10-15(24(27)28)6-7-17(16)22-18(25)12-29-19(26)14-4-2-13(3-5-14)11-23-9-1-8-21-23/h1-10H,11-12H2,(H,22,25). The Balaban J connectivity index is 1.52. The smallest absolute Gasteiger partial charge is 0.338 e. The van der Waals surface area contributed by atoms with Gasteiger partial charge in [-0.2, -0.15) is 5.10 Å². The Labute approximate surface area is 170 Å². The Kier molecular flexibility index (Phi) is 6.20. The number of non-ortho nitro benzene ring substituents is 1. The highest BCUT2D eigenvalue weighted by Crippen LogP contribution is 2.26. The second-order valence-electron chi connectivity index (χ2n) is 5.95. The lowest BCUT2D eigenvalue weighted by Gasteiger charge is -2.08. The van der Waals surface area contributed by atoms with Gasteiger partial charge in [0, 0.05) is 24.5 Å². The van der Waals surface area contributed by atoms with E-state index in [1.165, 1.54) is 12.1 Å². The summed E-state index contributed by atoms with van der Waals surface area (Å²) in [5.74, 6) is -1.27. The quantitative estimate of drug-likeness (QED) is 0.360. The lowest BCUT2D eigenvalue weighted by Crippen LogP contribution is -2.21. The van der Waals surface area contributed by atoms with Crippen LogP contribution >= 0.6 is 11.6 Å². The number of hydrogen-bond donors (Lipinski definition) is 1. The van der Waals surface area contributed by atoms with E-state index in [2.05, 4.69) is 10.4 Å². The van der Waals surface area contributed by atoms with Crippen LogP contribution in [0.5, 0.6) is 0 Å². The van der Waals surface area contributed by atoms with E-state index >= 15 is 0 Å². The topological polar surface area (TPSA) is 116 Å². The van der Waals surface area contributed by atoms with Gasteiger partial charge in [0.2, 0.25) is 0 Å². The van der Waals surface area contributed by atoms with Crippen LogP contribution in [0.4, 0.5) is 11.4 Å². The highest BCUT2D eigenvalue weighted by molar-refractivity contribution is 6.34. The summed E-state index contributed by atoms with van der Waals surface area (Å²) in [6.45, 7) is 0.0436. The minimum Gasteiger partial charge on any atom is -0.452 e. The zero-order chi connectivity index (χ0) is 20.8. The van der Waals surface area contributed by atoms with Gasteiger partial charge < -0.3 is 10.1 Å². The van der Waals surface area contributed by atoms with E-state index in [-0.39, 0.29) is 16.4 Å². The van der Waals surface area contributed by atoms with E-state index in [4.69, 9.17) is 16.3 Å². The second kappa shape index (κ2) is 8.98. The molecule has 1 aromatic heterocycles. The van der Waals surface area contributed by atoms with E-state index in [0.717, 1.165) is 11.6 Å². The third-order valence-corrected chi connectivity index (χ3v) is 4.18. The molecule has 29 heavy (non-hydrogen) atoms. The monoisotopic (exact) mass is 414 g/mol. The van der Waals surface area contributed by atoms with Crippen molar-refractivity contribution in [3.8, 4) is 0 Å². The molecule has 0 atom stereocenters. The predicted octanol–water partition coefficient (Wildman–Crippen LogP) is 3.29. The average Bonchev–Trinajstić information content (AvgIpc) is 3.21. The first-order chi connectivity index (χ1) is 13.9. The van der Waals surface area contributed by atoms with Crippen LogP contribution in [0.2, 0.25) is 5.02 Å². The van der Waals surface area contributed by atoms with E-state index in [1.807, 2.05) is 12.3 Å². The van der Waals surface area contributed by atoms with Crippen LogP contribution in [0.1, 0.15) is 15.9 Å². The van der Waals surface area contributed by atoms with Crippen LogP contribution in [-0.4, -0.2) is 33.2 Å². The molecule has 0 spiro atoms. The first-order valence-corrected chi connectivity index (χ1v) is 8.77. The second-order valence-corrected chi connectivity index (χ2v) is 6.35. The minimum atomic E-state index is -0.652. The van der Waals surface area contributed by atoms with Gasteiger partial charge in [0.05, 0.1) is 27.7 Å². The van der Waals surface area contributed by atoms with Crippen molar-refractivity contribution in [2.75, 3.05) is 11.9 Å². The number of nitrogens with zero attached hydrogens (tertiary/aromatic N) is 3. The predicted molar refractivity (Wildman–Crippen MR) is 105 cm³/mol. The maximum absolute atomic E-state index is 12.1. The molecule has 1 amide bonds. The van der Waals surface area contributed by atoms with Gasteiger partial charge in [0.15, 0.2) is 6.61 Å². The zero-order valence-electron chi connectivity index (χ0n) is 14.9. The summed E-state index contributed by atoms with van der Waals surface area (Å²) >= 11 is 5.91. The van der Waals surface area contributed by atoms with Crippen molar-refractivity contribution in [3.63, 3.8) is 0 Å². The zero-order valence-corrected chi connectivity index (χ0v) is 15.7. The molecule has 0 aliphatic rings. The van der Waals surface area contributed by atoms with E-state index < -0.39 is 23.4 Å². The molecule has 148 valence electrons. The molecular formula is C19H15ClN4O5. The van der Waals surface area contributed by atoms with Gasteiger partial charge in [0.1, 0.15) is 0 Å². The van der Waals surface area contributed by atoms with Crippen molar-refractivity contribution >= 4 is 34.9 Å². The number of rotatable bonds is 7. The Morgan fingerprint density at radius 2 is 1.97 bits per heavy atom. The number of hydrogen-bond acceptors (Lipinski definition) is 6. The molecule has 0 radical (unpaired) electrons. The SMILES string of the molecule is O=C(COC(=O)c1ccc(Cn2cccn2)cc1)Nc1ccc([N+](=O)[O-])cc1Cl. The van der Waals surface area contributed by atoms with Crippen LogP contribution < -0.4 is 5.32 Å². The van der Waals surface area contributed by atoms with E-state index in [1.54, 1.807) is 35.1 Å². The van der Waals surface area contributed by atoms with Crippen LogP contribution in [0.15, 0.2) is 60.9 Å². The van der Waals surface area contributed by atoms with Gasteiger partial charge in [-0.3, -0.25) is 19.6 Å². The molecule has 9 nitrogen and oxygen atoms in total. The first kappa shape index (κ1) is 20.0. The van der Waals surface area contributed by atoms with Gasteiger partial charge in [-0.15, -0.1) is 0 Å². The number of amides is 1. The molecule has 0 aliphatic carbocycles. The third kappa shape index (κ3) is 5.39. The molecule has 0 bridgehead atoms. The summed E-state index contributed by atoms with van der Waals surface area (Å²) in [5, 5.41) is 17.2. The molecule has 2 aromatic carbocycles. The summed E-state index contributed by atoms with van der Waals surface area (Å²) in [6.07, 6.45) is 3.51. The Hall–Kier alpha value is -3.72. The molecule has 1 heterocycles. The summed E-state index contributed by atoms with van der Waals surface area (Å²) in [4.78, 5) is 34.2. The Morgan fingerprint density at radius 3 is 2.59 bits per heavy atom. The summed E-state index contributed by atoms with van der Waals surface area (Å²) in [7, 11) is 0. The number of nitrogens with one attached hydrogen (secondary N) is 1. The Morgan fingerprint density at radius 1 is 1.21 bits per heavy atom. The number of aromatic nitrogens is 2. The maximum Gasteiger partial charge on any atom is 0.338 e. The average molecular weight is 415 g/mol. The van der Waals surface area contributed by atoms with Crippen molar-refractivity contribution in [3.05, 3.63) is 87.2 Å². The molecule has 3 aromatic rings.